The van der Waals surface area contributed by atoms with Crippen molar-refractivity contribution in [1.29, 1.82) is 0 Å². The maximum atomic E-state index is 12.6. The Balaban J connectivity index is 1.39. The molecule has 2 aliphatic heterocycles. The Morgan fingerprint density at radius 1 is 1.04 bits per heavy atom. The number of nitrogens with zero attached hydrogens (tertiary/aromatic N) is 2. The Bertz CT molecular complexity index is 722. The second-order valence-corrected chi connectivity index (χ2v) is 6.27. The van der Waals surface area contributed by atoms with Crippen LogP contribution in [0.25, 0.3) is 11.0 Å². The molecule has 0 unspecified atom stereocenters. The molecule has 2 saturated heterocycles. The molecule has 0 saturated carbocycles. The molecule has 4 rings (SSSR count). The highest BCUT2D eigenvalue weighted by Gasteiger charge is 2.32. The number of ether oxygens (including phenoxy) is 1. The standard InChI is InChI=1S/C18H20N2O4/c21-17(15-6-3-11-23-15)19-7-9-20(10-8-19)18(22)16-12-13-4-1-2-5-14(13)24-16/h1-2,4-5,12,15H,3,6-11H2/t15-/m0/s1. The molecule has 1 aromatic heterocycles. The van der Waals surface area contributed by atoms with Gasteiger partial charge < -0.3 is 19.0 Å². The van der Waals surface area contributed by atoms with E-state index in [4.69, 9.17) is 9.15 Å². The minimum absolute atomic E-state index is 0.0586. The van der Waals surface area contributed by atoms with E-state index in [1.165, 1.54) is 0 Å². The topological polar surface area (TPSA) is 63.0 Å². The molecular weight excluding hydrogens is 308 g/mol. The smallest absolute Gasteiger partial charge is 0.289 e. The van der Waals surface area contributed by atoms with Gasteiger partial charge in [-0.3, -0.25) is 9.59 Å². The van der Waals surface area contributed by atoms with E-state index in [1.807, 2.05) is 24.3 Å². The molecule has 0 N–H and O–H groups in total. The van der Waals surface area contributed by atoms with Crippen LogP contribution in [0.1, 0.15) is 23.4 Å². The Morgan fingerprint density at radius 2 is 1.79 bits per heavy atom. The molecule has 24 heavy (non-hydrogen) atoms. The van der Waals surface area contributed by atoms with Gasteiger partial charge in [-0.05, 0) is 25.0 Å². The monoisotopic (exact) mass is 328 g/mol. The van der Waals surface area contributed by atoms with Crippen LogP contribution in [0.4, 0.5) is 0 Å². The zero-order valence-corrected chi connectivity index (χ0v) is 13.4. The zero-order valence-electron chi connectivity index (χ0n) is 13.4. The first-order valence-electron chi connectivity index (χ1n) is 8.40. The van der Waals surface area contributed by atoms with Crippen molar-refractivity contribution in [2.75, 3.05) is 32.8 Å². The summed E-state index contributed by atoms with van der Waals surface area (Å²) < 4.78 is 11.1. The predicted octanol–water partition coefficient (Wildman–Crippen LogP) is 1.90. The maximum absolute atomic E-state index is 12.6. The first-order valence-corrected chi connectivity index (χ1v) is 8.40. The summed E-state index contributed by atoms with van der Waals surface area (Å²) in [5.74, 6) is 0.300. The van der Waals surface area contributed by atoms with Crippen LogP contribution in [0.5, 0.6) is 0 Å². The second-order valence-electron chi connectivity index (χ2n) is 6.27. The molecule has 0 spiro atoms. The van der Waals surface area contributed by atoms with Crippen LogP contribution in [0.15, 0.2) is 34.7 Å². The second kappa shape index (κ2) is 6.28. The number of para-hydroxylation sites is 1. The van der Waals surface area contributed by atoms with E-state index in [1.54, 1.807) is 15.9 Å². The normalized spacial score (nSPS) is 21.4. The summed E-state index contributed by atoms with van der Waals surface area (Å²) >= 11 is 0. The van der Waals surface area contributed by atoms with Gasteiger partial charge in [-0.15, -0.1) is 0 Å². The average molecular weight is 328 g/mol. The van der Waals surface area contributed by atoms with Crippen LogP contribution in [0, 0.1) is 0 Å². The molecule has 2 aromatic rings. The van der Waals surface area contributed by atoms with E-state index < -0.39 is 0 Å². The van der Waals surface area contributed by atoms with Crippen LogP contribution in [0.3, 0.4) is 0 Å². The molecule has 0 bridgehead atoms. The van der Waals surface area contributed by atoms with Gasteiger partial charge >= 0.3 is 0 Å². The fourth-order valence-electron chi connectivity index (χ4n) is 3.35. The summed E-state index contributed by atoms with van der Waals surface area (Å²) in [5, 5.41) is 0.924. The highest BCUT2D eigenvalue weighted by Crippen LogP contribution is 2.21. The minimum atomic E-state index is -0.289. The summed E-state index contributed by atoms with van der Waals surface area (Å²) in [6.45, 7) is 2.80. The number of carbonyl (C=O) groups is 2. The van der Waals surface area contributed by atoms with Gasteiger partial charge in [-0.1, -0.05) is 18.2 Å². The molecule has 2 amide bonds. The third-order valence-electron chi connectivity index (χ3n) is 4.72. The molecule has 0 aliphatic carbocycles. The number of hydrogen-bond donors (Lipinski definition) is 0. The average Bonchev–Trinajstić information content (AvgIpc) is 3.30. The largest absolute Gasteiger partial charge is 0.451 e. The highest BCUT2D eigenvalue weighted by molar-refractivity contribution is 5.96. The van der Waals surface area contributed by atoms with E-state index in [2.05, 4.69) is 0 Å². The molecule has 2 fully saturated rings. The lowest BCUT2D eigenvalue weighted by Crippen LogP contribution is -2.52. The van der Waals surface area contributed by atoms with E-state index >= 15 is 0 Å². The lowest BCUT2D eigenvalue weighted by atomic mass is 10.2. The number of fused-ring (bicyclic) bond motifs is 1. The number of amides is 2. The van der Waals surface area contributed by atoms with Gasteiger partial charge in [0.25, 0.3) is 11.8 Å². The minimum Gasteiger partial charge on any atom is -0.451 e. The third-order valence-corrected chi connectivity index (χ3v) is 4.72. The Hall–Kier alpha value is -2.34. The summed E-state index contributed by atoms with van der Waals surface area (Å²) in [5.41, 5.74) is 0.716. The lowest BCUT2D eigenvalue weighted by molar-refractivity contribution is -0.142. The zero-order chi connectivity index (χ0) is 16.5. The predicted molar refractivity (Wildman–Crippen MR) is 87.7 cm³/mol. The maximum Gasteiger partial charge on any atom is 0.289 e. The van der Waals surface area contributed by atoms with Crippen molar-refractivity contribution in [2.24, 2.45) is 0 Å². The van der Waals surface area contributed by atoms with Crippen molar-refractivity contribution < 1.29 is 18.7 Å². The summed E-state index contributed by atoms with van der Waals surface area (Å²) in [6, 6.07) is 9.36. The van der Waals surface area contributed by atoms with Crippen molar-refractivity contribution in [3.05, 3.63) is 36.1 Å². The fraction of sp³-hybridized carbons (Fsp3) is 0.444. The first kappa shape index (κ1) is 15.2. The van der Waals surface area contributed by atoms with Crippen LogP contribution >= 0.6 is 0 Å². The van der Waals surface area contributed by atoms with E-state index in [-0.39, 0.29) is 17.9 Å². The van der Waals surface area contributed by atoms with Gasteiger partial charge in [0.15, 0.2) is 5.76 Å². The summed E-state index contributed by atoms with van der Waals surface area (Å²) in [4.78, 5) is 28.5. The molecule has 126 valence electrons. The van der Waals surface area contributed by atoms with E-state index in [0.717, 1.165) is 18.2 Å². The number of benzene rings is 1. The number of hydrogen-bond acceptors (Lipinski definition) is 4. The van der Waals surface area contributed by atoms with Crippen molar-refractivity contribution in [3.8, 4) is 0 Å². The van der Waals surface area contributed by atoms with Gasteiger partial charge in [0.05, 0.1) is 0 Å². The van der Waals surface area contributed by atoms with Crippen molar-refractivity contribution in [3.63, 3.8) is 0 Å². The van der Waals surface area contributed by atoms with Crippen LogP contribution in [-0.2, 0) is 9.53 Å². The number of rotatable bonds is 2. The van der Waals surface area contributed by atoms with E-state index in [0.29, 0.717) is 44.1 Å². The lowest BCUT2D eigenvalue weighted by Gasteiger charge is -2.35. The van der Waals surface area contributed by atoms with Gasteiger partial charge in [0.1, 0.15) is 11.7 Å². The molecule has 6 nitrogen and oxygen atoms in total. The summed E-state index contributed by atoms with van der Waals surface area (Å²) in [7, 11) is 0. The van der Waals surface area contributed by atoms with Crippen LogP contribution < -0.4 is 0 Å². The Kier molecular flexibility index (Phi) is 3.98. The molecule has 3 heterocycles. The number of furan rings is 1. The third kappa shape index (κ3) is 2.78. The number of carbonyl (C=O) groups excluding carboxylic acids is 2. The fourth-order valence-corrected chi connectivity index (χ4v) is 3.35. The first-order chi connectivity index (χ1) is 11.7. The highest BCUT2D eigenvalue weighted by atomic mass is 16.5. The Labute approximate surface area is 140 Å². The SMILES string of the molecule is O=C(c1cc2ccccc2o1)N1CCN(C(=O)[C@@H]2CCCO2)CC1. The molecular formula is C18H20N2O4. The summed E-state index contributed by atoms with van der Waals surface area (Å²) in [6.07, 6.45) is 1.46. The molecule has 1 aromatic carbocycles. The van der Waals surface area contributed by atoms with Gasteiger partial charge in [0.2, 0.25) is 0 Å². The molecule has 2 aliphatic rings. The molecule has 1 atom stereocenters. The Morgan fingerprint density at radius 3 is 2.50 bits per heavy atom. The van der Waals surface area contributed by atoms with Gasteiger partial charge in [0, 0.05) is 38.2 Å². The molecule has 6 heteroatoms. The molecule has 0 radical (unpaired) electrons. The van der Waals surface area contributed by atoms with Gasteiger partial charge in [-0.2, -0.15) is 0 Å². The van der Waals surface area contributed by atoms with Crippen molar-refractivity contribution in [2.45, 2.75) is 18.9 Å². The van der Waals surface area contributed by atoms with E-state index in [9.17, 15) is 9.59 Å². The quantitative estimate of drug-likeness (QED) is 0.845. The van der Waals surface area contributed by atoms with Gasteiger partial charge in [-0.25, -0.2) is 0 Å². The van der Waals surface area contributed by atoms with Crippen LogP contribution in [0.2, 0.25) is 0 Å². The number of piperazine rings is 1. The van der Waals surface area contributed by atoms with Crippen molar-refractivity contribution >= 4 is 22.8 Å². The van der Waals surface area contributed by atoms with Crippen molar-refractivity contribution in [1.82, 2.24) is 9.80 Å². The van der Waals surface area contributed by atoms with Crippen LogP contribution in [-0.4, -0.2) is 60.5 Å².